The van der Waals surface area contributed by atoms with E-state index < -0.39 is 0 Å². The number of hydrogen-bond donors (Lipinski definition) is 1. The van der Waals surface area contributed by atoms with Gasteiger partial charge in [0.1, 0.15) is 5.75 Å². The van der Waals surface area contributed by atoms with Gasteiger partial charge in [0.05, 0.1) is 7.11 Å². The molecule has 2 aromatic rings. The number of halogens is 2. The van der Waals surface area contributed by atoms with Gasteiger partial charge in [-0.05, 0) is 48.9 Å². The molecule has 106 valence electrons. The van der Waals surface area contributed by atoms with Gasteiger partial charge in [-0.25, -0.2) is 0 Å². The van der Waals surface area contributed by atoms with Gasteiger partial charge in [-0.3, -0.25) is 0 Å². The maximum absolute atomic E-state index is 6.27. The summed E-state index contributed by atoms with van der Waals surface area (Å²) in [4.78, 5) is 0. The molecule has 1 unspecified atom stereocenters. The van der Waals surface area contributed by atoms with E-state index in [0.29, 0.717) is 10.0 Å². The molecule has 20 heavy (non-hydrogen) atoms. The highest BCUT2D eigenvalue weighted by atomic mass is 35.5. The molecule has 0 spiro atoms. The highest BCUT2D eigenvalue weighted by Gasteiger charge is 2.14. The molecule has 0 aliphatic carbocycles. The molecule has 0 bridgehead atoms. The lowest BCUT2D eigenvalue weighted by Crippen LogP contribution is -2.19. The van der Waals surface area contributed by atoms with E-state index in [4.69, 9.17) is 27.9 Å². The molecule has 1 atom stereocenters. The molecule has 0 heterocycles. The zero-order valence-electron chi connectivity index (χ0n) is 11.5. The monoisotopic (exact) mass is 309 g/mol. The minimum atomic E-state index is 0.146. The molecule has 0 saturated heterocycles. The Morgan fingerprint density at radius 1 is 1.10 bits per heavy atom. The van der Waals surface area contributed by atoms with Crippen LogP contribution in [0.1, 0.15) is 17.2 Å². The Labute approximate surface area is 129 Å². The van der Waals surface area contributed by atoms with Crippen molar-refractivity contribution in [2.45, 2.75) is 12.5 Å². The number of methoxy groups -OCH3 is 1. The van der Waals surface area contributed by atoms with Crippen LogP contribution < -0.4 is 10.1 Å². The SMILES string of the molecule is CNC(Cc1ccc(OC)cc1)c1ccc(Cl)cc1Cl. The first kappa shape index (κ1) is 15.2. The van der Waals surface area contributed by atoms with Crippen molar-refractivity contribution in [1.29, 1.82) is 0 Å². The summed E-state index contributed by atoms with van der Waals surface area (Å²) >= 11 is 12.2. The number of ether oxygens (including phenoxy) is 1. The van der Waals surface area contributed by atoms with Gasteiger partial charge in [0.15, 0.2) is 0 Å². The Kier molecular flexibility index (Phi) is 5.30. The molecule has 4 heteroatoms. The van der Waals surface area contributed by atoms with E-state index in [9.17, 15) is 0 Å². The lowest BCUT2D eigenvalue weighted by atomic mass is 9.99. The highest BCUT2D eigenvalue weighted by Crippen LogP contribution is 2.28. The van der Waals surface area contributed by atoms with Gasteiger partial charge in [0.2, 0.25) is 0 Å². The van der Waals surface area contributed by atoms with E-state index >= 15 is 0 Å². The quantitative estimate of drug-likeness (QED) is 0.877. The van der Waals surface area contributed by atoms with E-state index in [-0.39, 0.29) is 6.04 Å². The summed E-state index contributed by atoms with van der Waals surface area (Å²) in [5.41, 5.74) is 2.27. The van der Waals surface area contributed by atoms with Crippen molar-refractivity contribution in [1.82, 2.24) is 5.32 Å². The van der Waals surface area contributed by atoms with E-state index in [1.807, 2.05) is 31.3 Å². The molecule has 1 N–H and O–H groups in total. The molecule has 0 aliphatic heterocycles. The summed E-state index contributed by atoms with van der Waals surface area (Å²) in [6.45, 7) is 0. The second-order valence-corrected chi connectivity index (χ2v) is 5.40. The van der Waals surface area contributed by atoms with Crippen LogP contribution in [0.4, 0.5) is 0 Å². The van der Waals surface area contributed by atoms with Crippen molar-refractivity contribution in [2.24, 2.45) is 0 Å². The number of benzene rings is 2. The molecular formula is C16H17Cl2NO. The normalized spacial score (nSPS) is 12.2. The summed E-state index contributed by atoms with van der Waals surface area (Å²) in [7, 11) is 3.60. The van der Waals surface area contributed by atoms with Crippen LogP contribution in [0.15, 0.2) is 42.5 Å². The summed E-state index contributed by atoms with van der Waals surface area (Å²) in [5, 5.41) is 4.63. The largest absolute Gasteiger partial charge is 0.497 e. The molecular weight excluding hydrogens is 293 g/mol. The lowest BCUT2D eigenvalue weighted by Gasteiger charge is -2.18. The zero-order valence-corrected chi connectivity index (χ0v) is 13.0. The fraction of sp³-hybridized carbons (Fsp3) is 0.250. The summed E-state index contributed by atoms with van der Waals surface area (Å²) in [6.07, 6.45) is 0.849. The Bertz CT molecular complexity index is 569. The highest BCUT2D eigenvalue weighted by molar-refractivity contribution is 6.35. The Balaban J connectivity index is 2.19. The maximum Gasteiger partial charge on any atom is 0.118 e. The van der Waals surface area contributed by atoms with Gasteiger partial charge >= 0.3 is 0 Å². The lowest BCUT2D eigenvalue weighted by molar-refractivity contribution is 0.414. The fourth-order valence-corrected chi connectivity index (χ4v) is 2.69. The third-order valence-electron chi connectivity index (χ3n) is 3.29. The van der Waals surface area contributed by atoms with E-state index in [2.05, 4.69) is 17.4 Å². The van der Waals surface area contributed by atoms with Crippen molar-refractivity contribution in [3.63, 3.8) is 0 Å². The second kappa shape index (κ2) is 6.98. The Morgan fingerprint density at radius 2 is 1.80 bits per heavy atom. The number of nitrogens with one attached hydrogen (secondary N) is 1. The van der Waals surface area contributed by atoms with Crippen LogP contribution in [-0.4, -0.2) is 14.2 Å². The molecule has 0 fully saturated rings. The van der Waals surface area contributed by atoms with E-state index in [1.54, 1.807) is 13.2 Å². The van der Waals surface area contributed by atoms with Crippen LogP contribution in [0.2, 0.25) is 10.0 Å². The predicted molar refractivity (Wildman–Crippen MR) is 85.0 cm³/mol. The van der Waals surface area contributed by atoms with E-state index in [1.165, 1.54) is 5.56 Å². The van der Waals surface area contributed by atoms with Crippen molar-refractivity contribution >= 4 is 23.2 Å². The first-order valence-corrected chi connectivity index (χ1v) is 7.14. The van der Waals surface area contributed by atoms with E-state index in [0.717, 1.165) is 17.7 Å². The average molecular weight is 310 g/mol. The van der Waals surface area contributed by atoms with Gasteiger partial charge in [-0.1, -0.05) is 41.4 Å². The minimum absolute atomic E-state index is 0.146. The van der Waals surface area contributed by atoms with Gasteiger partial charge in [0, 0.05) is 16.1 Å². The smallest absolute Gasteiger partial charge is 0.118 e. The zero-order chi connectivity index (χ0) is 14.5. The maximum atomic E-state index is 6.27. The third-order valence-corrected chi connectivity index (χ3v) is 3.85. The number of likely N-dealkylation sites (N-methyl/N-ethyl adjacent to an activating group) is 1. The van der Waals surface area contributed by atoms with Gasteiger partial charge in [0.25, 0.3) is 0 Å². The van der Waals surface area contributed by atoms with Crippen molar-refractivity contribution in [2.75, 3.05) is 14.2 Å². The van der Waals surface area contributed by atoms with Crippen LogP contribution in [0, 0.1) is 0 Å². The summed E-state index contributed by atoms with van der Waals surface area (Å²) < 4.78 is 5.17. The fourth-order valence-electron chi connectivity index (χ4n) is 2.15. The summed E-state index contributed by atoms with van der Waals surface area (Å²) in [5.74, 6) is 0.860. The predicted octanol–water partition coefficient (Wildman–Crippen LogP) is 4.51. The molecule has 0 aliphatic rings. The Hall–Kier alpha value is -1.22. The minimum Gasteiger partial charge on any atom is -0.497 e. The van der Waals surface area contributed by atoms with Crippen LogP contribution in [0.5, 0.6) is 5.75 Å². The van der Waals surface area contributed by atoms with Crippen LogP contribution in [-0.2, 0) is 6.42 Å². The van der Waals surface area contributed by atoms with Crippen molar-refractivity contribution in [3.05, 3.63) is 63.6 Å². The number of rotatable bonds is 5. The topological polar surface area (TPSA) is 21.3 Å². The first-order chi connectivity index (χ1) is 9.63. The molecule has 2 aromatic carbocycles. The molecule has 0 aromatic heterocycles. The van der Waals surface area contributed by atoms with Gasteiger partial charge in [-0.15, -0.1) is 0 Å². The second-order valence-electron chi connectivity index (χ2n) is 4.56. The van der Waals surface area contributed by atoms with Gasteiger partial charge in [-0.2, -0.15) is 0 Å². The molecule has 0 radical (unpaired) electrons. The Morgan fingerprint density at radius 3 is 2.35 bits per heavy atom. The third kappa shape index (κ3) is 3.66. The summed E-state index contributed by atoms with van der Waals surface area (Å²) in [6, 6.07) is 13.8. The van der Waals surface area contributed by atoms with Gasteiger partial charge < -0.3 is 10.1 Å². The van der Waals surface area contributed by atoms with Crippen LogP contribution in [0.25, 0.3) is 0 Å². The molecule has 0 saturated carbocycles. The van der Waals surface area contributed by atoms with Crippen LogP contribution >= 0.6 is 23.2 Å². The molecule has 2 rings (SSSR count). The number of hydrogen-bond acceptors (Lipinski definition) is 2. The molecule has 2 nitrogen and oxygen atoms in total. The first-order valence-electron chi connectivity index (χ1n) is 6.39. The average Bonchev–Trinajstić information content (AvgIpc) is 2.46. The standard InChI is InChI=1S/C16H17Cl2NO/c1-19-16(14-8-5-12(17)10-15(14)18)9-11-3-6-13(20-2)7-4-11/h3-8,10,16,19H,9H2,1-2H3. The molecule has 0 amide bonds. The van der Waals surface area contributed by atoms with Crippen molar-refractivity contribution < 1.29 is 4.74 Å². The van der Waals surface area contributed by atoms with Crippen molar-refractivity contribution in [3.8, 4) is 5.75 Å². The van der Waals surface area contributed by atoms with Crippen LogP contribution in [0.3, 0.4) is 0 Å².